The third kappa shape index (κ3) is 11.3. The number of benzene rings is 2. The van der Waals surface area contributed by atoms with Gasteiger partial charge in [-0.15, -0.1) is 0 Å². The first-order valence-electron chi connectivity index (χ1n) is 18.8. The van der Waals surface area contributed by atoms with E-state index in [2.05, 4.69) is 37.5 Å². The first-order valence-corrected chi connectivity index (χ1v) is 18.8. The molecule has 0 aromatic heterocycles. The molecule has 1 aliphatic heterocycles. The van der Waals surface area contributed by atoms with Gasteiger partial charge in [0.2, 0.25) is 5.78 Å². The van der Waals surface area contributed by atoms with Crippen molar-refractivity contribution < 1.29 is 29.2 Å². The summed E-state index contributed by atoms with van der Waals surface area (Å²) in [7, 11) is 0. The normalized spacial score (nSPS) is 19.5. The standard InChI is InChI=1S/C42H62N4O6/c1-28(2)50-34-17-11-14-31(37(34)47)22-43-24-41(7,8)26-45-20-21-46(40(45)33-16-13-19-36(39(33)49)52-30(5)6)27-42(9,10)25-44-23-32-15-12-18-35(38(32)48)51-29(3)4/h11,13-14,16-19,22-23,28-30,32,40,47,49H,12,15,20-21,24-27H2,1-10H3. The summed E-state index contributed by atoms with van der Waals surface area (Å²) in [4.78, 5) is 27.4. The molecule has 0 saturated carbocycles. The summed E-state index contributed by atoms with van der Waals surface area (Å²) in [6.45, 7) is 24.6. The topological polar surface area (TPSA) is 116 Å². The van der Waals surface area contributed by atoms with Crippen LogP contribution in [-0.2, 0) is 9.53 Å². The summed E-state index contributed by atoms with van der Waals surface area (Å²) in [6, 6.07) is 11.2. The Bertz CT molecular complexity index is 1590. The number of hydrogen-bond acceptors (Lipinski definition) is 10. The number of nitrogens with zero attached hydrogens (tertiary/aromatic N) is 4. The molecule has 2 atom stereocenters. The van der Waals surface area contributed by atoms with E-state index >= 15 is 0 Å². The van der Waals surface area contributed by atoms with Gasteiger partial charge in [0, 0.05) is 62.8 Å². The number of aromatic hydroxyl groups is 2. The summed E-state index contributed by atoms with van der Waals surface area (Å²) in [5.74, 6) is 1.36. The van der Waals surface area contributed by atoms with E-state index in [1.807, 2.05) is 84.2 Å². The van der Waals surface area contributed by atoms with Gasteiger partial charge in [-0.05, 0) is 89.5 Å². The van der Waals surface area contributed by atoms with E-state index < -0.39 is 0 Å². The lowest BCUT2D eigenvalue weighted by Gasteiger charge is -2.38. The molecule has 0 spiro atoms. The number of carbonyl (C=O) groups is 1. The largest absolute Gasteiger partial charge is 0.504 e. The number of phenols is 2. The van der Waals surface area contributed by atoms with Crippen molar-refractivity contribution >= 4 is 18.2 Å². The van der Waals surface area contributed by atoms with Crippen LogP contribution in [0.5, 0.6) is 23.0 Å². The van der Waals surface area contributed by atoms with Crippen LogP contribution >= 0.6 is 0 Å². The minimum absolute atomic E-state index is 0.00754. The minimum atomic E-state index is -0.267. The van der Waals surface area contributed by atoms with Gasteiger partial charge in [0.15, 0.2) is 28.8 Å². The van der Waals surface area contributed by atoms with Crippen molar-refractivity contribution in [3.63, 3.8) is 0 Å². The zero-order valence-electron chi connectivity index (χ0n) is 33.1. The first-order chi connectivity index (χ1) is 24.5. The molecule has 10 nitrogen and oxygen atoms in total. The molecule has 1 saturated heterocycles. The second-order valence-corrected chi connectivity index (χ2v) is 16.6. The Morgan fingerprint density at radius 2 is 1.33 bits per heavy atom. The van der Waals surface area contributed by atoms with E-state index in [0.717, 1.165) is 44.6 Å². The predicted octanol–water partition coefficient (Wildman–Crippen LogP) is 7.82. The monoisotopic (exact) mass is 718 g/mol. The summed E-state index contributed by atoms with van der Waals surface area (Å²) in [6.07, 6.45) is 6.60. The van der Waals surface area contributed by atoms with E-state index in [-0.39, 0.29) is 58.5 Å². The number of para-hydroxylation sites is 2. The van der Waals surface area contributed by atoms with Gasteiger partial charge in [-0.2, -0.15) is 0 Å². The number of ketones is 1. The average Bonchev–Trinajstić information content (AvgIpc) is 3.40. The first kappa shape index (κ1) is 40.9. The molecular formula is C42H62N4O6. The molecular weight excluding hydrogens is 656 g/mol. The molecule has 2 aromatic carbocycles. The van der Waals surface area contributed by atoms with Crippen molar-refractivity contribution in [3.05, 3.63) is 59.4 Å². The number of rotatable bonds is 17. The second kappa shape index (κ2) is 17.8. The number of carbonyl (C=O) groups excluding carboxylic acids is 1. The molecule has 52 heavy (non-hydrogen) atoms. The minimum Gasteiger partial charge on any atom is -0.504 e. The van der Waals surface area contributed by atoms with E-state index in [0.29, 0.717) is 35.9 Å². The molecule has 0 radical (unpaired) electrons. The average molecular weight is 719 g/mol. The number of phenolic OH excluding ortho intramolecular Hbond substituents is 2. The molecule has 286 valence electrons. The lowest BCUT2D eigenvalue weighted by Crippen LogP contribution is -2.41. The van der Waals surface area contributed by atoms with Gasteiger partial charge >= 0.3 is 0 Å². The van der Waals surface area contributed by atoms with Crippen molar-refractivity contribution in [2.75, 3.05) is 39.3 Å². The van der Waals surface area contributed by atoms with E-state index in [1.54, 1.807) is 12.3 Å². The molecule has 1 fully saturated rings. The fourth-order valence-electron chi connectivity index (χ4n) is 6.87. The van der Waals surface area contributed by atoms with Crippen molar-refractivity contribution in [2.24, 2.45) is 26.7 Å². The maximum atomic E-state index is 13.0. The lowest BCUT2D eigenvalue weighted by atomic mass is 9.90. The molecule has 10 heteroatoms. The Balaban J connectivity index is 1.51. The smallest absolute Gasteiger partial charge is 0.205 e. The molecule has 1 heterocycles. The van der Waals surface area contributed by atoms with Gasteiger partial charge < -0.3 is 24.4 Å². The van der Waals surface area contributed by atoms with Crippen LogP contribution in [0, 0.1) is 16.7 Å². The van der Waals surface area contributed by atoms with Gasteiger partial charge in [-0.25, -0.2) is 0 Å². The third-order valence-corrected chi connectivity index (χ3v) is 9.00. The van der Waals surface area contributed by atoms with Crippen molar-refractivity contribution in [1.29, 1.82) is 0 Å². The summed E-state index contributed by atoms with van der Waals surface area (Å²) >= 11 is 0. The maximum Gasteiger partial charge on any atom is 0.205 e. The molecule has 4 rings (SSSR count). The van der Waals surface area contributed by atoms with Gasteiger partial charge in [0.25, 0.3) is 0 Å². The Kier molecular flexibility index (Phi) is 14.0. The Morgan fingerprint density at radius 3 is 1.90 bits per heavy atom. The molecule has 1 aliphatic carbocycles. The van der Waals surface area contributed by atoms with Crippen molar-refractivity contribution in [3.8, 4) is 23.0 Å². The van der Waals surface area contributed by atoms with Gasteiger partial charge in [-0.1, -0.05) is 45.9 Å². The highest BCUT2D eigenvalue weighted by atomic mass is 16.5. The zero-order valence-corrected chi connectivity index (χ0v) is 33.1. The number of ether oxygens (including phenoxy) is 3. The van der Waals surface area contributed by atoms with Crippen LogP contribution in [0.2, 0.25) is 0 Å². The van der Waals surface area contributed by atoms with Crippen LogP contribution in [0.3, 0.4) is 0 Å². The number of hydrogen-bond donors (Lipinski definition) is 2. The Morgan fingerprint density at radius 1 is 0.788 bits per heavy atom. The highest BCUT2D eigenvalue weighted by molar-refractivity contribution is 6.05. The lowest BCUT2D eigenvalue weighted by molar-refractivity contribution is -0.122. The van der Waals surface area contributed by atoms with Crippen LogP contribution in [0.25, 0.3) is 0 Å². The predicted molar refractivity (Wildman–Crippen MR) is 209 cm³/mol. The SMILES string of the molecule is CC(C)OC1=CCCC(C=NCC(C)(C)CN2CCN(CC(C)(C)CN=Cc3cccc(OC(C)C)c3O)C2c2cccc(OC(C)C)c2O)C1=O. The maximum absolute atomic E-state index is 13.0. The zero-order chi connectivity index (χ0) is 38.2. The molecule has 2 N–H and O–H groups in total. The van der Waals surface area contributed by atoms with Crippen molar-refractivity contribution in [2.45, 2.75) is 107 Å². The quantitative estimate of drug-likeness (QED) is 0.159. The highest BCUT2D eigenvalue weighted by Crippen LogP contribution is 2.42. The summed E-state index contributed by atoms with van der Waals surface area (Å²) in [5.41, 5.74) is 0.975. The van der Waals surface area contributed by atoms with Gasteiger partial charge in [0.1, 0.15) is 0 Å². The fraction of sp³-hybridized carbons (Fsp3) is 0.595. The molecule has 2 unspecified atom stereocenters. The number of allylic oxidation sites excluding steroid dienone is 2. The summed E-state index contributed by atoms with van der Waals surface area (Å²) in [5, 5.41) is 22.3. The molecule has 0 amide bonds. The van der Waals surface area contributed by atoms with Crippen LogP contribution in [0.4, 0.5) is 0 Å². The molecule has 0 bridgehead atoms. The fourth-order valence-corrected chi connectivity index (χ4v) is 6.87. The van der Waals surface area contributed by atoms with Gasteiger partial charge in [0.05, 0.1) is 30.4 Å². The van der Waals surface area contributed by atoms with Crippen LogP contribution in [-0.4, -0.2) is 95.8 Å². The summed E-state index contributed by atoms with van der Waals surface area (Å²) < 4.78 is 17.5. The van der Waals surface area contributed by atoms with E-state index in [1.165, 1.54) is 0 Å². The highest BCUT2D eigenvalue weighted by Gasteiger charge is 2.40. The van der Waals surface area contributed by atoms with Crippen LogP contribution in [0.1, 0.15) is 99.4 Å². The van der Waals surface area contributed by atoms with E-state index in [9.17, 15) is 15.0 Å². The Hall–Kier alpha value is -3.89. The molecule has 2 aromatic rings. The second-order valence-electron chi connectivity index (χ2n) is 16.6. The van der Waals surface area contributed by atoms with Crippen LogP contribution in [0.15, 0.2) is 58.2 Å². The number of Topliss-reactive ketones (excluding diaryl/α,β-unsaturated/α-hetero) is 1. The van der Waals surface area contributed by atoms with E-state index in [4.69, 9.17) is 24.2 Å². The Labute approximate surface area is 311 Å². The number of aliphatic imine (C=N–C) groups is 2. The third-order valence-electron chi connectivity index (χ3n) is 9.00. The van der Waals surface area contributed by atoms with Crippen LogP contribution < -0.4 is 9.47 Å². The van der Waals surface area contributed by atoms with Gasteiger partial charge in [-0.3, -0.25) is 24.6 Å². The molecule has 2 aliphatic rings. The van der Waals surface area contributed by atoms with Crippen molar-refractivity contribution in [1.82, 2.24) is 9.80 Å².